The number of rotatable bonds is 0. The first-order valence-electron chi connectivity index (χ1n) is 7.84. The van der Waals surface area contributed by atoms with Gasteiger partial charge in [-0.1, -0.05) is 25.4 Å². The number of amides is 1. The summed E-state index contributed by atoms with van der Waals surface area (Å²) in [6, 6.07) is 4.62. The number of nitrogens with zero attached hydrogens (tertiary/aromatic N) is 1. The SMILES string of the molecule is CC.CC(C)(C)OC(=O)N1CCCC1.Oc1ccc(S)c(Cl)c1. The van der Waals surface area contributed by atoms with E-state index in [1.54, 1.807) is 11.0 Å². The fraction of sp³-hybridized carbons (Fsp3) is 0.588. The summed E-state index contributed by atoms with van der Waals surface area (Å²) in [6.07, 6.45) is 2.05. The zero-order valence-corrected chi connectivity index (χ0v) is 16.2. The molecule has 0 radical (unpaired) electrons. The van der Waals surface area contributed by atoms with Crippen LogP contribution in [0, 0.1) is 0 Å². The third kappa shape index (κ3) is 9.61. The predicted molar refractivity (Wildman–Crippen MR) is 98.8 cm³/mol. The van der Waals surface area contributed by atoms with Crippen LogP contribution in [-0.4, -0.2) is 34.8 Å². The van der Waals surface area contributed by atoms with Crippen LogP contribution in [0.5, 0.6) is 5.75 Å². The van der Waals surface area contributed by atoms with Gasteiger partial charge in [-0.15, -0.1) is 12.6 Å². The lowest BCUT2D eigenvalue weighted by Gasteiger charge is -2.23. The highest BCUT2D eigenvalue weighted by Gasteiger charge is 2.23. The minimum absolute atomic E-state index is 0.165. The number of thiol groups is 1. The predicted octanol–water partition coefficient (Wildman–Crippen LogP) is 5.38. The van der Waals surface area contributed by atoms with Crippen molar-refractivity contribution in [3.63, 3.8) is 0 Å². The minimum Gasteiger partial charge on any atom is -0.508 e. The summed E-state index contributed by atoms with van der Waals surface area (Å²) < 4.78 is 5.21. The van der Waals surface area contributed by atoms with Gasteiger partial charge in [0.2, 0.25) is 0 Å². The third-order valence-corrected chi connectivity index (χ3v) is 3.52. The Kier molecular flexibility index (Phi) is 10.2. The van der Waals surface area contributed by atoms with E-state index in [0.717, 1.165) is 25.9 Å². The monoisotopic (exact) mass is 361 g/mol. The second-order valence-corrected chi connectivity index (χ2v) is 6.70. The van der Waals surface area contributed by atoms with Crippen LogP contribution < -0.4 is 0 Å². The van der Waals surface area contributed by atoms with Gasteiger partial charge in [0, 0.05) is 18.0 Å². The molecular weight excluding hydrogens is 334 g/mol. The Balaban J connectivity index is 0.000000392. The lowest BCUT2D eigenvalue weighted by atomic mass is 10.2. The molecule has 6 heteroatoms. The molecule has 1 aliphatic heterocycles. The van der Waals surface area contributed by atoms with Crippen LogP contribution in [0.25, 0.3) is 0 Å². The molecule has 1 saturated heterocycles. The van der Waals surface area contributed by atoms with Crippen LogP contribution in [0.2, 0.25) is 5.02 Å². The summed E-state index contributed by atoms with van der Waals surface area (Å²) in [7, 11) is 0. The highest BCUT2D eigenvalue weighted by atomic mass is 35.5. The number of hydrogen-bond acceptors (Lipinski definition) is 4. The maximum Gasteiger partial charge on any atom is 0.410 e. The van der Waals surface area contributed by atoms with E-state index >= 15 is 0 Å². The van der Waals surface area contributed by atoms with Crippen molar-refractivity contribution >= 4 is 30.3 Å². The number of halogens is 1. The van der Waals surface area contributed by atoms with Crippen molar-refractivity contribution in [3.8, 4) is 5.75 Å². The molecule has 1 fully saturated rings. The zero-order chi connectivity index (χ0) is 18.0. The Morgan fingerprint density at radius 3 is 2.17 bits per heavy atom. The molecule has 1 heterocycles. The molecule has 23 heavy (non-hydrogen) atoms. The van der Waals surface area contributed by atoms with Crippen molar-refractivity contribution < 1.29 is 14.6 Å². The van der Waals surface area contributed by atoms with Gasteiger partial charge in [0.1, 0.15) is 11.4 Å². The van der Waals surface area contributed by atoms with E-state index in [9.17, 15) is 4.79 Å². The highest BCUT2D eigenvalue weighted by Crippen LogP contribution is 2.23. The average Bonchev–Trinajstić information content (AvgIpc) is 2.99. The molecule has 0 unspecified atom stereocenters. The van der Waals surface area contributed by atoms with E-state index in [-0.39, 0.29) is 17.4 Å². The smallest absolute Gasteiger partial charge is 0.410 e. The normalized spacial score (nSPS) is 13.4. The molecule has 1 amide bonds. The van der Waals surface area contributed by atoms with Crippen LogP contribution in [0.1, 0.15) is 47.5 Å². The van der Waals surface area contributed by atoms with Gasteiger partial charge in [-0.2, -0.15) is 0 Å². The largest absolute Gasteiger partial charge is 0.508 e. The Labute approximate surface area is 150 Å². The molecule has 1 aliphatic rings. The molecule has 4 nitrogen and oxygen atoms in total. The molecule has 0 aliphatic carbocycles. The van der Waals surface area contributed by atoms with Gasteiger partial charge < -0.3 is 14.7 Å². The van der Waals surface area contributed by atoms with E-state index in [1.165, 1.54) is 12.1 Å². The van der Waals surface area contributed by atoms with Crippen LogP contribution >= 0.6 is 24.2 Å². The van der Waals surface area contributed by atoms with E-state index in [4.69, 9.17) is 21.4 Å². The molecular formula is C17H28ClNO3S. The maximum atomic E-state index is 11.4. The van der Waals surface area contributed by atoms with Crippen molar-refractivity contribution in [3.05, 3.63) is 23.2 Å². The molecule has 0 spiro atoms. The molecule has 132 valence electrons. The molecule has 0 atom stereocenters. The van der Waals surface area contributed by atoms with Crippen molar-refractivity contribution in [2.45, 2.75) is 58.0 Å². The maximum absolute atomic E-state index is 11.4. The van der Waals surface area contributed by atoms with Crippen molar-refractivity contribution in [1.82, 2.24) is 4.90 Å². The standard InChI is InChI=1S/C9H17NO2.C6H5ClOS.C2H6/c1-9(2,3)12-8(11)10-6-4-5-7-10;7-5-3-4(8)1-2-6(5)9;1-2/h4-7H2,1-3H3;1-3,8-9H;1-2H3. The van der Waals surface area contributed by atoms with E-state index < -0.39 is 0 Å². The minimum atomic E-state index is -0.361. The summed E-state index contributed by atoms with van der Waals surface area (Å²) in [5.41, 5.74) is -0.361. The van der Waals surface area contributed by atoms with Crippen molar-refractivity contribution in [1.29, 1.82) is 0 Å². The number of benzene rings is 1. The first kappa shape index (κ1) is 21.9. The first-order valence-corrected chi connectivity index (χ1v) is 8.67. The second-order valence-electron chi connectivity index (χ2n) is 5.81. The molecule has 1 aromatic rings. The second kappa shape index (κ2) is 10.7. The van der Waals surface area contributed by atoms with E-state index in [1.807, 2.05) is 34.6 Å². The number of aromatic hydroxyl groups is 1. The topological polar surface area (TPSA) is 49.8 Å². The van der Waals surface area contributed by atoms with Gasteiger partial charge in [-0.05, 0) is 51.8 Å². The molecule has 0 saturated carbocycles. The van der Waals surface area contributed by atoms with Crippen LogP contribution in [0.15, 0.2) is 23.1 Å². The van der Waals surface area contributed by atoms with Crippen molar-refractivity contribution in [2.24, 2.45) is 0 Å². The third-order valence-electron chi connectivity index (χ3n) is 2.69. The molecule has 1 aromatic carbocycles. The summed E-state index contributed by atoms with van der Waals surface area (Å²) in [6.45, 7) is 11.4. The Hall–Kier alpha value is -1.07. The van der Waals surface area contributed by atoms with E-state index in [0.29, 0.717) is 9.92 Å². The number of carbonyl (C=O) groups is 1. The Bertz CT molecular complexity index is 483. The number of carbonyl (C=O) groups excluding carboxylic acids is 1. The Morgan fingerprint density at radius 2 is 1.78 bits per heavy atom. The van der Waals surface area contributed by atoms with Gasteiger partial charge in [-0.3, -0.25) is 0 Å². The number of phenolic OH excluding ortho intramolecular Hbond substituents is 1. The van der Waals surface area contributed by atoms with Gasteiger partial charge in [0.05, 0.1) is 5.02 Å². The summed E-state index contributed by atoms with van der Waals surface area (Å²) in [5, 5.41) is 9.29. The van der Waals surface area contributed by atoms with Gasteiger partial charge >= 0.3 is 6.09 Å². The first-order chi connectivity index (χ1) is 10.7. The lowest BCUT2D eigenvalue weighted by Crippen LogP contribution is -2.34. The number of phenols is 1. The van der Waals surface area contributed by atoms with Gasteiger partial charge in [0.25, 0.3) is 0 Å². The van der Waals surface area contributed by atoms with E-state index in [2.05, 4.69) is 12.6 Å². The highest BCUT2D eigenvalue weighted by molar-refractivity contribution is 7.80. The number of hydrogen-bond donors (Lipinski definition) is 2. The Morgan fingerprint density at radius 1 is 1.26 bits per heavy atom. The molecule has 2 rings (SSSR count). The lowest BCUT2D eigenvalue weighted by molar-refractivity contribution is 0.0295. The molecule has 0 aromatic heterocycles. The molecule has 1 N–H and O–H groups in total. The average molecular weight is 362 g/mol. The van der Waals surface area contributed by atoms with Crippen molar-refractivity contribution in [2.75, 3.05) is 13.1 Å². The zero-order valence-electron chi connectivity index (χ0n) is 14.6. The fourth-order valence-corrected chi connectivity index (χ4v) is 2.04. The molecule has 0 bridgehead atoms. The van der Waals surface area contributed by atoms with Crippen LogP contribution in [0.3, 0.4) is 0 Å². The number of ether oxygens (including phenoxy) is 1. The van der Waals surface area contributed by atoms with Crippen LogP contribution in [-0.2, 0) is 4.74 Å². The fourth-order valence-electron chi connectivity index (χ4n) is 1.72. The van der Waals surface area contributed by atoms with Crippen LogP contribution in [0.4, 0.5) is 4.79 Å². The van der Waals surface area contributed by atoms with Gasteiger partial charge in [-0.25, -0.2) is 4.79 Å². The summed E-state index contributed by atoms with van der Waals surface area (Å²) >= 11 is 9.58. The summed E-state index contributed by atoms with van der Waals surface area (Å²) in [4.78, 5) is 13.8. The van der Waals surface area contributed by atoms with Gasteiger partial charge in [0.15, 0.2) is 0 Å². The quantitative estimate of drug-likeness (QED) is 0.610. The number of likely N-dealkylation sites (tertiary alicyclic amines) is 1. The summed E-state index contributed by atoms with van der Waals surface area (Å²) in [5.74, 6) is 0.165.